The molecule has 0 bridgehead atoms. The van der Waals surface area contributed by atoms with Gasteiger partial charge < -0.3 is 20.6 Å². The lowest BCUT2D eigenvalue weighted by Gasteiger charge is -2.39. The molecule has 1 heterocycles. The number of hydrogen-bond acceptors (Lipinski definition) is 4. The largest absolute Gasteiger partial charge is 0.395 e. The highest BCUT2D eigenvalue weighted by Gasteiger charge is 2.33. The average molecular weight is 297 g/mol. The summed E-state index contributed by atoms with van der Waals surface area (Å²) in [6.45, 7) is 3.38. The van der Waals surface area contributed by atoms with Crippen molar-refractivity contribution in [3.8, 4) is 0 Å². The molecule has 0 aromatic rings. The zero-order valence-electron chi connectivity index (χ0n) is 13.3. The van der Waals surface area contributed by atoms with Gasteiger partial charge in [0.15, 0.2) is 0 Å². The van der Waals surface area contributed by atoms with Crippen molar-refractivity contribution in [3.05, 3.63) is 0 Å². The summed E-state index contributed by atoms with van der Waals surface area (Å²) in [6.07, 6.45) is 6.14. The van der Waals surface area contributed by atoms with Gasteiger partial charge in [-0.25, -0.2) is 0 Å². The van der Waals surface area contributed by atoms with Crippen LogP contribution in [0.1, 0.15) is 38.5 Å². The number of carbonyl (C=O) groups is 1. The van der Waals surface area contributed by atoms with E-state index in [9.17, 15) is 9.90 Å². The van der Waals surface area contributed by atoms with E-state index in [-0.39, 0.29) is 18.4 Å². The minimum atomic E-state index is 0.0657. The Kier molecular flexibility index (Phi) is 6.45. The molecule has 5 nitrogen and oxygen atoms in total. The van der Waals surface area contributed by atoms with Crippen LogP contribution in [-0.4, -0.2) is 66.7 Å². The van der Waals surface area contributed by atoms with Crippen molar-refractivity contribution in [2.24, 2.45) is 17.6 Å². The second kappa shape index (κ2) is 8.11. The van der Waals surface area contributed by atoms with Crippen molar-refractivity contribution >= 4 is 5.91 Å². The van der Waals surface area contributed by atoms with Crippen molar-refractivity contribution in [2.45, 2.75) is 44.6 Å². The Morgan fingerprint density at radius 1 is 1.19 bits per heavy atom. The number of amides is 1. The van der Waals surface area contributed by atoms with E-state index >= 15 is 0 Å². The summed E-state index contributed by atoms with van der Waals surface area (Å²) in [4.78, 5) is 17.1. The van der Waals surface area contributed by atoms with E-state index in [0.717, 1.165) is 58.2 Å². The van der Waals surface area contributed by atoms with Gasteiger partial charge >= 0.3 is 0 Å². The number of nitrogens with zero attached hydrogens (tertiary/aromatic N) is 2. The summed E-state index contributed by atoms with van der Waals surface area (Å²) in [7, 11) is 2.13. The van der Waals surface area contributed by atoms with Gasteiger partial charge in [0, 0.05) is 18.5 Å². The van der Waals surface area contributed by atoms with Crippen LogP contribution in [-0.2, 0) is 4.79 Å². The smallest absolute Gasteiger partial charge is 0.226 e. The van der Waals surface area contributed by atoms with E-state index in [1.807, 2.05) is 4.90 Å². The molecule has 122 valence electrons. The fourth-order valence-electron chi connectivity index (χ4n) is 3.77. The summed E-state index contributed by atoms with van der Waals surface area (Å²) in [6, 6.07) is 0.313. The molecule has 3 N–H and O–H groups in total. The van der Waals surface area contributed by atoms with E-state index < -0.39 is 0 Å². The lowest BCUT2D eigenvalue weighted by atomic mass is 9.81. The predicted molar refractivity (Wildman–Crippen MR) is 83.8 cm³/mol. The third-order valence-corrected chi connectivity index (χ3v) is 5.28. The normalized spacial score (nSPS) is 28.5. The van der Waals surface area contributed by atoms with Crippen molar-refractivity contribution < 1.29 is 9.90 Å². The van der Waals surface area contributed by atoms with Crippen LogP contribution < -0.4 is 5.73 Å². The van der Waals surface area contributed by atoms with Crippen LogP contribution in [0.5, 0.6) is 0 Å². The maximum atomic E-state index is 12.8. The zero-order chi connectivity index (χ0) is 15.2. The molecule has 0 spiro atoms. The Labute approximate surface area is 128 Å². The van der Waals surface area contributed by atoms with Gasteiger partial charge in [-0.05, 0) is 71.1 Å². The number of piperidine rings is 1. The molecule has 1 amide bonds. The molecule has 1 aliphatic carbocycles. The number of hydrogen-bond donors (Lipinski definition) is 2. The standard InChI is InChI=1S/C16H31N3O2/c1-18-8-6-15(7-9-18)19(10-11-20)16(21)14-4-2-13(12-17)3-5-14/h13-15,20H,2-12,17H2,1H3. The lowest BCUT2D eigenvalue weighted by molar-refractivity contribution is -0.140. The third kappa shape index (κ3) is 4.41. The lowest BCUT2D eigenvalue weighted by Crippen LogP contribution is -2.50. The highest BCUT2D eigenvalue weighted by Crippen LogP contribution is 2.30. The number of aliphatic hydroxyl groups excluding tert-OH is 1. The van der Waals surface area contributed by atoms with E-state index in [1.54, 1.807) is 0 Å². The van der Waals surface area contributed by atoms with Crippen molar-refractivity contribution in [1.82, 2.24) is 9.80 Å². The van der Waals surface area contributed by atoms with Crippen molar-refractivity contribution in [3.63, 3.8) is 0 Å². The fraction of sp³-hybridized carbons (Fsp3) is 0.938. The summed E-state index contributed by atoms with van der Waals surface area (Å²) in [5.41, 5.74) is 5.73. The molecule has 1 aliphatic heterocycles. The molecule has 0 atom stereocenters. The summed E-state index contributed by atoms with van der Waals surface area (Å²) in [5.74, 6) is 1.02. The molecule has 0 radical (unpaired) electrons. The van der Waals surface area contributed by atoms with Gasteiger partial charge in [0.1, 0.15) is 0 Å². The predicted octanol–water partition coefficient (Wildman–Crippen LogP) is 0.667. The first kappa shape index (κ1) is 16.7. The Morgan fingerprint density at radius 2 is 1.81 bits per heavy atom. The first-order valence-corrected chi connectivity index (χ1v) is 8.45. The van der Waals surface area contributed by atoms with Gasteiger partial charge in [-0.3, -0.25) is 4.79 Å². The van der Waals surface area contributed by atoms with E-state index in [4.69, 9.17) is 5.73 Å². The molecular weight excluding hydrogens is 266 g/mol. The van der Waals surface area contributed by atoms with Crippen LogP contribution in [0.3, 0.4) is 0 Å². The van der Waals surface area contributed by atoms with Gasteiger partial charge in [0.2, 0.25) is 5.91 Å². The number of nitrogens with two attached hydrogens (primary N) is 1. The molecule has 21 heavy (non-hydrogen) atoms. The average Bonchev–Trinajstić information content (AvgIpc) is 2.53. The second-order valence-corrected chi connectivity index (χ2v) is 6.74. The molecule has 0 unspecified atom stereocenters. The topological polar surface area (TPSA) is 69.8 Å². The van der Waals surface area contributed by atoms with Crippen LogP contribution in [0.25, 0.3) is 0 Å². The van der Waals surface area contributed by atoms with Crippen LogP contribution in [0.4, 0.5) is 0 Å². The minimum absolute atomic E-state index is 0.0657. The van der Waals surface area contributed by atoms with Crippen LogP contribution in [0.15, 0.2) is 0 Å². The molecule has 0 aromatic heterocycles. The first-order chi connectivity index (χ1) is 10.2. The molecule has 1 saturated carbocycles. The van der Waals surface area contributed by atoms with Gasteiger partial charge in [-0.15, -0.1) is 0 Å². The first-order valence-electron chi connectivity index (χ1n) is 8.45. The fourth-order valence-corrected chi connectivity index (χ4v) is 3.77. The third-order valence-electron chi connectivity index (χ3n) is 5.28. The molecular formula is C16H31N3O2. The van der Waals surface area contributed by atoms with Crippen molar-refractivity contribution in [1.29, 1.82) is 0 Å². The molecule has 0 aromatic carbocycles. The van der Waals surface area contributed by atoms with Crippen molar-refractivity contribution in [2.75, 3.05) is 39.8 Å². The monoisotopic (exact) mass is 297 g/mol. The number of carbonyl (C=O) groups excluding carboxylic acids is 1. The maximum absolute atomic E-state index is 12.8. The Bertz CT molecular complexity index is 321. The van der Waals surface area contributed by atoms with Crippen LogP contribution in [0, 0.1) is 11.8 Å². The molecule has 5 heteroatoms. The Hall–Kier alpha value is -0.650. The van der Waals surface area contributed by atoms with Crippen LogP contribution >= 0.6 is 0 Å². The van der Waals surface area contributed by atoms with Gasteiger partial charge in [0.05, 0.1) is 6.61 Å². The molecule has 1 saturated heterocycles. The van der Waals surface area contributed by atoms with Gasteiger partial charge in [-0.2, -0.15) is 0 Å². The van der Waals surface area contributed by atoms with E-state index in [2.05, 4.69) is 11.9 Å². The maximum Gasteiger partial charge on any atom is 0.226 e. The number of likely N-dealkylation sites (tertiary alicyclic amines) is 1. The van der Waals surface area contributed by atoms with E-state index in [1.165, 1.54) is 0 Å². The Morgan fingerprint density at radius 3 is 2.33 bits per heavy atom. The highest BCUT2D eigenvalue weighted by molar-refractivity contribution is 5.79. The summed E-state index contributed by atoms with van der Waals surface area (Å²) in [5, 5.41) is 9.33. The Balaban J connectivity index is 1.92. The quantitative estimate of drug-likeness (QED) is 0.782. The van der Waals surface area contributed by atoms with Crippen LogP contribution in [0.2, 0.25) is 0 Å². The number of rotatable bonds is 5. The summed E-state index contributed by atoms with van der Waals surface area (Å²) >= 11 is 0. The summed E-state index contributed by atoms with van der Waals surface area (Å²) < 4.78 is 0. The van der Waals surface area contributed by atoms with E-state index in [0.29, 0.717) is 18.5 Å². The SMILES string of the molecule is CN1CCC(N(CCO)C(=O)C2CCC(CN)CC2)CC1. The zero-order valence-corrected chi connectivity index (χ0v) is 13.3. The highest BCUT2D eigenvalue weighted by atomic mass is 16.3. The molecule has 2 fully saturated rings. The van der Waals surface area contributed by atoms with Gasteiger partial charge in [-0.1, -0.05) is 0 Å². The second-order valence-electron chi connectivity index (χ2n) is 6.74. The number of aliphatic hydroxyl groups is 1. The minimum Gasteiger partial charge on any atom is -0.395 e. The van der Waals surface area contributed by atoms with Gasteiger partial charge in [0.25, 0.3) is 0 Å². The molecule has 2 aliphatic rings. The molecule has 2 rings (SSSR count).